The van der Waals surface area contributed by atoms with E-state index in [1.165, 1.54) is 5.56 Å². The molecule has 2 aliphatic heterocycles. The van der Waals surface area contributed by atoms with Crippen molar-refractivity contribution in [1.82, 2.24) is 19.7 Å². The Morgan fingerprint density at radius 2 is 2.05 bits per heavy atom. The molecule has 196 valence electrons. The van der Waals surface area contributed by atoms with E-state index >= 15 is 0 Å². The van der Waals surface area contributed by atoms with Crippen LogP contribution in [0.25, 0.3) is 10.9 Å². The summed E-state index contributed by atoms with van der Waals surface area (Å²) < 4.78 is 18.9. The molecule has 0 amide bonds. The molecule has 1 atom stereocenters. The molecule has 0 aliphatic carbocycles. The van der Waals surface area contributed by atoms with Crippen LogP contribution in [0.1, 0.15) is 47.6 Å². The highest BCUT2D eigenvalue weighted by Crippen LogP contribution is 2.31. The summed E-state index contributed by atoms with van der Waals surface area (Å²) in [5.74, 6) is 0.785. The number of fused-ring (bicyclic) bond motifs is 2. The van der Waals surface area contributed by atoms with Gasteiger partial charge in [-0.15, -0.1) is 0 Å². The normalized spacial score (nSPS) is 16.2. The monoisotopic (exact) mass is 515 g/mol. The molecule has 10 nitrogen and oxygen atoms in total. The Bertz CT molecular complexity index is 1450. The highest BCUT2D eigenvalue weighted by atomic mass is 16.7. The number of carboxylic acids is 1. The minimum Gasteiger partial charge on any atom is -0.493 e. The molecule has 5 heterocycles. The number of aromatic nitrogens is 4. The average molecular weight is 516 g/mol. The van der Waals surface area contributed by atoms with Crippen LogP contribution in [0.5, 0.6) is 5.75 Å². The maximum atomic E-state index is 11.8. The largest absolute Gasteiger partial charge is 0.493 e. The van der Waals surface area contributed by atoms with Gasteiger partial charge in [-0.05, 0) is 54.3 Å². The van der Waals surface area contributed by atoms with E-state index in [0.717, 1.165) is 58.7 Å². The van der Waals surface area contributed by atoms with Crippen LogP contribution in [0.3, 0.4) is 0 Å². The van der Waals surface area contributed by atoms with Crippen LogP contribution in [-0.4, -0.2) is 57.2 Å². The second-order valence-corrected chi connectivity index (χ2v) is 9.49. The van der Waals surface area contributed by atoms with Crippen LogP contribution in [0.4, 0.5) is 5.82 Å². The van der Waals surface area contributed by atoms with Crippen LogP contribution >= 0.6 is 0 Å². The first-order valence-corrected chi connectivity index (χ1v) is 12.9. The number of pyridine rings is 2. The summed E-state index contributed by atoms with van der Waals surface area (Å²) in [6, 6.07) is 11.3. The lowest BCUT2D eigenvalue weighted by Gasteiger charge is -2.19. The number of anilines is 1. The van der Waals surface area contributed by atoms with Crippen molar-refractivity contribution in [2.45, 2.75) is 38.0 Å². The van der Waals surface area contributed by atoms with Gasteiger partial charge in [0.2, 0.25) is 0 Å². The lowest BCUT2D eigenvalue weighted by Crippen LogP contribution is -2.17. The van der Waals surface area contributed by atoms with E-state index in [-0.39, 0.29) is 6.42 Å². The number of aryl methyl sites for hydroxylation is 1. The molecule has 0 spiro atoms. The summed E-state index contributed by atoms with van der Waals surface area (Å²) in [7, 11) is 0. The van der Waals surface area contributed by atoms with Crippen molar-refractivity contribution in [3.05, 3.63) is 77.4 Å². The van der Waals surface area contributed by atoms with Crippen molar-refractivity contribution < 1.29 is 24.1 Å². The van der Waals surface area contributed by atoms with Crippen LogP contribution in [0.15, 0.2) is 55.0 Å². The Hall–Kier alpha value is -4.02. The molecular weight excluding hydrogens is 486 g/mol. The van der Waals surface area contributed by atoms with Gasteiger partial charge in [0.15, 0.2) is 6.29 Å². The molecule has 3 aromatic heterocycles. The van der Waals surface area contributed by atoms with E-state index in [0.29, 0.717) is 26.2 Å². The summed E-state index contributed by atoms with van der Waals surface area (Å²) in [6.07, 6.45) is 7.35. The molecule has 0 bridgehead atoms. The predicted octanol–water partition coefficient (Wildman–Crippen LogP) is 3.92. The molecule has 4 aromatic rings. The summed E-state index contributed by atoms with van der Waals surface area (Å²) in [5, 5.41) is 18.4. The maximum Gasteiger partial charge on any atom is 0.305 e. The van der Waals surface area contributed by atoms with E-state index in [1.54, 1.807) is 23.3 Å². The Morgan fingerprint density at radius 3 is 2.92 bits per heavy atom. The third-order valence-corrected chi connectivity index (χ3v) is 6.87. The molecule has 1 fully saturated rings. The van der Waals surface area contributed by atoms with Gasteiger partial charge in [-0.25, -0.2) is 4.98 Å². The number of ether oxygens (including phenoxy) is 3. The number of aliphatic carboxylic acids is 1. The number of carbonyl (C=O) groups is 1. The molecular formula is C28H29N5O5. The number of rotatable bonds is 9. The summed E-state index contributed by atoms with van der Waals surface area (Å²) in [4.78, 5) is 20.8. The van der Waals surface area contributed by atoms with E-state index in [4.69, 9.17) is 19.2 Å². The lowest BCUT2D eigenvalue weighted by atomic mass is 10.0. The van der Waals surface area contributed by atoms with Gasteiger partial charge < -0.3 is 24.6 Å². The van der Waals surface area contributed by atoms with Crippen molar-refractivity contribution in [3.8, 4) is 5.75 Å². The van der Waals surface area contributed by atoms with Crippen molar-refractivity contribution in [3.63, 3.8) is 0 Å². The van der Waals surface area contributed by atoms with Crippen LogP contribution < -0.4 is 10.1 Å². The molecule has 2 aliphatic rings. The highest BCUT2D eigenvalue weighted by Gasteiger charge is 2.24. The van der Waals surface area contributed by atoms with Gasteiger partial charge in [-0.3, -0.25) is 14.5 Å². The Kier molecular flexibility index (Phi) is 6.89. The van der Waals surface area contributed by atoms with E-state index < -0.39 is 18.3 Å². The first-order valence-electron chi connectivity index (χ1n) is 12.9. The van der Waals surface area contributed by atoms with Crippen molar-refractivity contribution >= 4 is 22.7 Å². The summed E-state index contributed by atoms with van der Waals surface area (Å²) in [6.45, 7) is 2.49. The molecule has 38 heavy (non-hydrogen) atoms. The number of nitrogens with one attached hydrogen (secondary N) is 1. The zero-order valence-electron chi connectivity index (χ0n) is 20.9. The fourth-order valence-corrected chi connectivity index (χ4v) is 5.00. The minimum atomic E-state index is -0.927. The SMILES string of the molecule is O=C(O)CC(c1cncc(C2OCCO2)c1)n1ncc2cc(OCCc3ccc4c(n3)NCCC4)ccc21. The molecule has 1 unspecified atom stereocenters. The Labute approximate surface area is 219 Å². The van der Waals surface area contributed by atoms with Gasteiger partial charge in [0.25, 0.3) is 0 Å². The van der Waals surface area contributed by atoms with E-state index in [9.17, 15) is 9.90 Å². The maximum absolute atomic E-state index is 11.8. The number of nitrogens with zero attached hydrogens (tertiary/aromatic N) is 4. The fourth-order valence-electron chi connectivity index (χ4n) is 5.00. The second kappa shape index (κ2) is 10.8. The van der Waals surface area contributed by atoms with Gasteiger partial charge in [-0.1, -0.05) is 6.07 Å². The Balaban J connectivity index is 1.19. The van der Waals surface area contributed by atoms with Crippen LogP contribution in [0, 0.1) is 0 Å². The van der Waals surface area contributed by atoms with E-state index in [2.05, 4.69) is 27.5 Å². The van der Waals surface area contributed by atoms with Crippen molar-refractivity contribution in [1.29, 1.82) is 0 Å². The molecule has 0 radical (unpaired) electrons. The molecule has 1 aromatic carbocycles. The number of hydrogen-bond donors (Lipinski definition) is 2. The highest BCUT2D eigenvalue weighted by molar-refractivity contribution is 5.81. The molecule has 6 rings (SSSR count). The van der Waals surface area contributed by atoms with Crippen molar-refractivity contribution in [2.24, 2.45) is 0 Å². The quantitative estimate of drug-likeness (QED) is 0.342. The van der Waals surface area contributed by atoms with Gasteiger partial charge in [0, 0.05) is 42.0 Å². The Morgan fingerprint density at radius 1 is 1.16 bits per heavy atom. The third kappa shape index (κ3) is 5.18. The van der Waals surface area contributed by atoms with E-state index in [1.807, 2.05) is 24.3 Å². The molecule has 2 N–H and O–H groups in total. The third-order valence-electron chi connectivity index (χ3n) is 6.87. The first kappa shape index (κ1) is 24.3. The summed E-state index contributed by atoms with van der Waals surface area (Å²) in [5.41, 5.74) is 4.55. The van der Waals surface area contributed by atoms with Crippen molar-refractivity contribution in [2.75, 3.05) is 31.7 Å². The smallest absolute Gasteiger partial charge is 0.305 e. The van der Waals surface area contributed by atoms with Gasteiger partial charge in [-0.2, -0.15) is 5.10 Å². The van der Waals surface area contributed by atoms with Crippen LogP contribution in [0.2, 0.25) is 0 Å². The molecule has 1 saturated heterocycles. The zero-order chi connectivity index (χ0) is 25.9. The number of carboxylic acid groups (broad SMARTS) is 1. The number of benzene rings is 1. The van der Waals surface area contributed by atoms with Gasteiger partial charge in [0.1, 0.15) is 11.6 Å². The standard InChI is InChI=1S/C28H29N5O5/c34-26(35)14-25(19-12-21(16-29-15-19)28-37-10-11-38-28)33-24-6-5-23(13-20(24)17-31-33)36-9-7-22-4-3-18-2-1-8-30-27(18)32-22/h3-6,12-13,15-17,25,28H,1-2,7-11,14H2,(H,30,32)(H,34,35). The number of hydrogen-bond acceptors (Lipinski definition) is 8. The first-order chi connectivity index (χ1) is 18.6. The lowest BCUT2D eigenvalue weighted by molar-refractivity contribution is -0.137. The second-order valence-electron chi connectivity index (χ2n) is 9.49. The minimum absolute atomic E-state index is 0.144. The van der Waals surface area contributed by atoms with Gasteiger partial charge in [0.05, 0.1) is 44.0 Å². The predicted molar refractivity (Wildman–Crippen MR) is 139 cm³/mol. The topological polar surface area (TPSA) is 121 Å². The molecule has 0 saturated carbocycles. The fraction of sp³-hybridized carbons (Fsp3) is 0.357. The van der Waals surface area contributed by atoms with Gasteiger partial charge >= 0.3 is 5.97 Å². The molecule has 10 heteroatoms. The average Bonchev–Trinajstić information content (AvgIpc) is 3.62. The zero-order valence-corrected chi connectivity index (χ0v) is 20.9. The van der Waals surface area contributed by atoms with Crippen LogP contribution in [-0.2, 0) is 27.1 Å². The summed E-state index contributed by atoms with van der Waals surface area (Å²) >= 11 is 0.